The highest BCUT2D eigenvalue weighted by Crippen LogP contribution is 2.52. The number of nitrogens with zero attached hydrogens (tertiary/aromatic N) is 1. The molecule has 0 radical (unpaired) electrons. The Morgan fingerprint density at radius 2 is 1.62 bits per heavy atom. The summed E-state index contributed by atoms with van der Waals surface area (Å²) in [6.07, 6.45) is 0.285. The number of rotatable bonds is 3. The lowest BCUT2D eigenvalue weighted by atomic mass is 9.85. The van der Waals surface area contributed by atoms with Crippen LogP contribution in [0, 0.1) is 23.7 Å². The topological polar surface area (TPSA) is 49.4 Å². The molecule has 4 nitrogen and oxygen atoms in total. The fraction of sp³-hybridized carbons (Fsp3) is 0.412. The quantitative estimate of drug-likeness (QED) is 0.682. The largest absolute Gasteiger partial charge is 0.418 e. The van der Waals surface area contributed by atoms with Crippen molar-refractivity contribution >= 4 is 17.5 Å². The maximum Gasteiger partial charge on any atom is 0.418 e. The van der Waals surface area contributed by atoms with E-state index in [1.165, 1.54) is 18.2 Å². The standard InChI is InChI=1S/C17H15F3N2O2/c18-17(19,20)11-3-1-2-4-12(11)21-8-22-15(23)13-9-5-6-10(7-9)14(13)16(22)24/h1-6,9-10,13-14,21H,7-8H2/t9-,10-,13+,14+/m0/s1. The Morgan fingerprint density at radius 1 is 1.04 bits per heavy atom. The van der Waals surface area contributed by atoms with Crippen molar-refractivity contribution in [1.29, 1.82) is 0 Å². The lowest BCUT2D eigenvalue weighted by molar-refractivity contribution is -0.140. The number of likely N-dealkylation sites (tertiary alicyclic amines) is 1. The van der Waals surface area contributed by atoms with Crippen LogP contribution >= 0.6 is 0 Å². The van der Waals surface area contributed by atoms with Crippen LogP contribution in [-0.2, 0) is 15.8 Å². The summed E-state index contributed by atoms with van der Waals surface area (Å²) < 4.78 is 39.0. The molecule has 2 bridgehead atoms. The van der Waals surface area contributed by atoms with Gasteiger partial charge in [-0.05, 0) is 30.4 Å². The van der Waals surface area contributed by atoms with E-state index in [4.69, 9.17) is 0 Å². The molecular formula is C17H15F3N2O2. The molecule has 1 N–H and O–H groups in total. The summed E-state index contributed by atoms with van der Waals surface area (Å²) in [5.74, 6) is -1.06. The molecular weight excluding hydrogens is 321 g/mol. The summed E-state index contributed by atoms with van der Waals surface area (Å²) in [7, 11) is 0. The van der Waals surface area contributed by atoms with Gasteiger partial charge in [-0.2, -0.15) is 13.2 Å². The second-order valence-corrected chi connectivity index (χ2v) is 6.48. The Balaban J connectivity index is 1.52. The van der Waals surface area contributed by atoms with Gasteiger partial charge in [0.15, 0.2) is 0 Å². The van der Waals surface area contributed by atoms with Crippen LogP contribution in [0.4, 0.5) is 18.9 Å². The molecule has 0 aromatic heterocycles. The Labute approximate surface area is 136 Å². The number of benzene rings is 1. The first kappa shape index (κ1) is 15.2. The Hall–Kier alpha value is -2.31. The third kappa shape index (κ3) is 2.14. The van der Waals surface area contributed by atoms with Gasteiger partial charge in [0.25, 0.3) is 0 Å². The zero-order chi connectivity index (χ0) is 17.1. The molecule has 0 unspecified atom stereocenters. The molecule has 24 heavy (non-hydrogen) atoms. The molecule has 7 heteroatoms. The number of allylic oxidation sites excluding steroid dienone is 2. The molecule has 2 aliphatic carbocycles. The zero-order valence-corrected chi connectivity index (χ0v) is 12.6. The van der Waals surface area contributed by atoms with Crippen molar-refractivity contribution in [2.45, 2.75) is 12.6 Å². The lowest BCUT2D eigenvalue weighted by Gasteiger charge is -2.20. The average Bonchev–Trinajstić information content (AvgIpc) is 3.20. The second-order valence-electron chi connectivity index (χ2n) is 6.48. The maximum atomic E-state index is 13.0. The highest BCUT2D eigenvalue weighted by Gasteiger charge is 2.59. The van der Waals surface area contributed by atoms with Crippen LogP contribution in [0.25, 0.3) is 0 Å². The Kier molecular flexibility index (Phi) is 3.23. The lowest BCUT2D eigenvalue weighted by Crippen LogP contribution is -2.37. The summed E-state index contributed by atoms with van der Waals surface area (Å²) in [5, 5.41) is 2.61. The molecule has 1 heterocycles. The summed E-state index contributed by atoms with van der Waals surface area (Å²) in [6.45, 7) is -0.239. The number of hydrogen-bond donors (Lipinski definition) is 1. The molecule has 1 aliphatic heterocycles. The van der Waals surface area contributed by atoms with E-state index >= 15 is 0 Å². The minimum Gasteiger partial charge on any atom is -0.367 e. The van der Waals surface area contributed by atoms with Crippen LogP contribution in [-0.4, -0.2) is 23.4 Å². The zero-order valence-electron chi connectivity index (χ0n) is 12.6. The number of nitrogens with one attached hydrogen (secondary N) is 1. The number of halogens is 3. The first-order valence-electron chi connectivity index (χ1n) is 7.81. The van der Waals surface area contributed by atoms with E-state index < -0.39 is 11.7 Å². The number of alkyl halides is 3. The van der Waals surface area contributed by atoms with Gasteiger partial charge in [0.1, 0.15) is 0 Å². The van der Waals surface area contributed by atoms with Gasteiger partial charge in [0.05, 0.1) is 24.1 Å². The van der Waals surface area contributed by atoms with E-state index in [1.54, 1.807) is 0 Å². The van der Waals surface area contributed by atoms with Gasteiger partial charge in [0, 0.05) is 5.69 Å². The first-order valence-corrected chi connectivity index (χ1v) is 7.81. The van der Waals surface area contributed by atoms with E-state index in [-0.39, 0.29) is 47.8 Å². The summed E-state index contributed by atoms with van der Waals surface area (Å²) >= 11 is 0. The molecule has 4 atom stereocenters. The van der Waals surface area contributed by atoms with Crippen molar-refractivity contribution in [3.8, 4) is 0 Å². The normalized spacial score (nSPS) is 31.0. The van der Waals surface area contributed by atoms with Crippen molar-refractivity contribution in [3.63, 3.8) is 0 Å². The molecule has 2 amide bonds. The molecule has 4 rings (SSSR count). The van der Waals surface area contributed by atoms with Crippen molar-refractivity contribution in [2.24, 2.45) is 23.7 Å². The van der Waals surface area contributed by atoms with Crippen molar-refractivity contribution < 1.29 is 22.8 Å². The number of hydrogen-bond acceptors (Lipinski definition) is 3. The van der Waals surface area contributed by atoms with Gasteiger partial charge >= 0.3 is 6.18 Å². The number of amides is 2. The SMILES string of the molecule is O=C1[C@H]2[C@H](C(=O)N1CNc1ccccc1C(F)(F)F)[C@H]1C=C[C@H]2C1. The third-order valence-electron chi connectivity index (χ3n) is 5.22. The number of imide groups is 1. The first-order chi connectivity index (χ1) is 11.4. The van der Waals surface area contributed by atoms with Gasteiger partial charge in [-0.3, -0.25) is 14.5 Å². The van der Waals surface area contributed by atoms with Crippen LogP contribution in [0.2, 0.25) is 0 Å². The Morgan fingerprint density at radius 3 is 2.21 bits per heavy atom. The summed E-state index contributed by atoms with van der Waals surface area (Å²) in [5.41, 5.74) is -0.949. The van der Waals surface area contributed by atoms with Gasteiger partial charge in [-0.15, -0.1) is 0 Å². The van der Waals surface area contributed by atoms with Crippen molar-refractivity contribution in [1.82, 2.24) is 4.90 Å². The van der Waals surface area contributed by atoms with E-state index in [2.05, 4.69) is 5.32 Å². The monoisotopic (exact) mass is 336 g/mol. The van der Waals surface area contributed by atoms with Crippen LogP contribution in [0.1, 0.15) is 12.0 Å². The Bertz CT molecular complexity index is 714. The molecule has 1 saturated carbocycles. The fourth-order valence-corrected chi connectivity index (χ4v) is 4.17. The second kappa shape index (κ2) is 5.09. The van der Waals surface area contributed by atoms with E-state index in [0.29, 0.717) is 0 Å². The molecule has 1 aromatic carbocycles. The van der Waals surface area contributed by atoms with Gasteiger partial charge in [-0.1, -0.05) is 24.3 Å². The van der Waals surface area contributed by atoms with Gasteiger partial charge in [0.2, 0.25) is 11.8 Å². The minimum absolute atomic E-state index is 0.0870. The van der Waals surface area contributed by atoms with Crippen LogP contribution in [0.15, 0.2) is 36.4 Å². The van der Waals surface area contributed by atoms with Crippen LogP contribution < -0.4 is 5.32 Å². The molecule has 126 valence electrons. The van der Waals surface area contributed by atoms with Crippen LogP contribution in [0.3, 0.4) is 0 Å². The van der Waals surface area contributed by atoms with Crippen molar-refractivity contribution in [2.75, 3.05) is 12.0 Å². The predicted molar refractivity (Wildman–Crippen MR) is 79.5 cm³/mol. The molecule has 1 aromatic rings. The third-order valence-corrected chi connectivity index (χ3v) is 5.22. The number of carbonyl (C=O) groups is 2. The number of fused-ring (bicyclic) bond motifs is 5. The van der Waals surface area contributed by atoms with Gasteiger partial charge < -0.3 is 5.32 Å². The number of para-hydroxylation sites is 1. The average molecular weight is 336 g/mol. The highest BCUT2D eigenvalue weighted by atomic mass is 19.4. The predicted octanol–water partition coefficient (Wildman–Crippen LogP) is 2.88. The van der Waals surface area contributed by atoms with Gasteiger partial charge in [-0.25, -0.2) is 0 Å². The smallest absolute Gasteiger partial charge is 0.367 e. The highest BCUT2D eigenvalue weighted by molar-refractivity contribution is 6.06. The maximum absolute atomic E-state index is 13.0. The minimum atomic E-state index is -4.50. The molecule has 2 fully saturated rings. The number of anilines is 1. The van der Waals surface area contributed by atoms with E-state index in [0.717, 1.165) is 17.4 Å². The van der Waals surface area contributed by atoms with E-state index in [9.17, 15) is 22.8 Å². The molecule has 3 aliphatic rings. The fourth-order valence-electron chi connectivity index (χ4n) is 4.17. The van der Waals surface area contributed by atoms with Crippen LogP contribution in [0.5, 0.6) is 0 Å². The van der Waals surface area contributed by atoms with E-state index in [1.807, 2.05) is 12.2 Å². The number of carbonyl (C=O) groups excluding carboxylic acids is 2. The molecule has 1 saturated heterocycles. The molecule has 0 spiro atoms. The summed E-state index contributed by atoms with van der Waals surface area (Å²) in [4.78, 5) is 26.1. The van der Waals surface area contributed by atoms with Crippen molar-refractivity contribution in [3.05, 3.63) is 42.0 Å². The summed E-state index contributed by atoms with van der Waals surface area (Å²) in [6, 6.07) is 5.03.